The van der Waals surface area contributed by atoms with E-state index in [0.29, 0.717) is 23.1 Å². The van der Waals surface area contributed by atoms with Gasteiger partial charge in [-0.3, -0.25) is 9.59 Å². The zero-order valence-corrected chi connectivity index (χ0v) is 12.3. The standard InChI is InChI=1S/C14H16BrFO2/c1-4-12(17)6-10-5-11(14(18)9(3)15)7-13(16)8(10)2/h5,7,9H,4,6H2,1-3H3. The summed E-state index contributed by atoms with van der Waals surface area (Å²) in [5, 5.41) is 0. The van der Waals surface area contributed by atoms with Gasteiger partial charge in [-0.15, -0.1) is 0 Å². The summed E-state index contributed by atoms with van der Waals surface area (Å²) in [4.78, 5) is 22.9. The molecule has 0 N–H and O–H groups in total. The van der Waals surface area contributed by atoms with Gasteiger partial charge in [0.15, 0.2) is 5.78 Å². The number of carbonyl (C=O) groups is 2. The fraction of sp³-hybridized carbons (Fsp3) is 0.429. The Hall–Kier alpha value is -1.03. The van der Waals surface area contributed by atoms with Crippen molar-refractivity contribution in [3.63, 3.8) is 0 Å². The van der Waals surface area contributed by atoms with E-state index in [4.69, 9.17) is 0 Å². The molecule has 98 valence electrons. The highest BCUT2D eigenvalue weighted by atomic mass is 79.9. The third-order valence-electron chi connectivity index (χ3n) is 2.88. The van der Waals surface area contributed by atoms with Crippen LogP contribution in [0.1, 0.15) is 41.8 Å². The number of ketones is 2. The Morgan fingerprint density at radius 1 is 1.39 bits per heavy atom. The van der Waals surface area contributed by atoms with E-state index in [1.54, 1.807) is 26.8 Å². The average molecular weight is 315 g/mol. The van der Waals surface area contributed by atoms with Gasteiger partial charge in [0.25, 0.3) is 0 Å². The van der Waals surface area contributed by atoms with Crippen LogP contribution in [-0.2, 0) is 11.2 Å². The molecule has 0 fully saturated rings. The molecule has 0 amide bonds. The van der Waals surface area contributed by atoms with Crippen LogP contribution < -0.4 is 0 Å². The summed E-state index contributed by atoms with van der Waals surface area (Å²) >= 11 is 3.17. The third kappa shape index (κ3) is 3.48. The second kappa shape index (κ2) is 6.23. The molecule has 1 unspecified atom stereocenters. The molecular weight excluding hydrogens is 299 g/mol. The molecule has 0 spiro atoms. The maximum atomic E-state index is 13.7. The number of hydrogen-bond donors (Lipinski definition) is 0. The minimum atomic E-state index is -0.437. The number of Topliss-reactive ketones (excluding diaryl/α,β-unsaturated/α-hetero) is 2. The highest BCUT2D eigenvalue weighted by molar-refractivity contribution is 9.10. The molecule has 1 atom stereocenters. The fourth-order valence-corrected chi connectivity index (χ4v) is 1.89. The maximum Gasteiger partial charge on any atom is 0.176 e. The molecule has 0 heterocycles. The van der Waals surface area contributed by atoms with E-state index in [1.165, 1.54) is 6.07 Å². The van der Waals surface area contributed by atoms with E-state index in [0.717, 1.165) is 0 Å². The summed E-state index contributed by atoms with van der Waals surface area (Å²) in [6.07, 6.45) is 0.588. The van der Waals surface area contributed by atoms with E-state index in [1.807, 2.05) is 0 Å². The van der Waals surface area contributed by atoms with Crippen LogP contribution in [0, 0.1) is 12.7 Å². The van der Waals surface area contributed by atoms with Crippen LogP contribution in [0.2, 0.25) is 0 Å². The van der Waals surface area contributed by atoms with Crippen molar-refractivity contribution in [2.45, 2.75) is 38.4 Å². The SMILES string of the molecule is CCC(=O)Cc1cc(C(=O)C(C)Br)cc(F)c1C. The highest BCUT2D eigenvalue weighted by Crippen LogP contribution is 2.19. The second-order valence-corrected chi connectivity index (χ2v) is 5.66. The van der Waals surface area contributed by atoms with Crippen LogP contribution in [0.4, 0.5) is 4.39 Å². The molecule has 0 aromatic heterocycles. The topological polar surface area (TPSA) is 34.1 Å². The van der Waals surface area contributed by atoms with Gasteiger partial charge < -0.3 is 0 Å². The van der Waals surface area contributed by atoms with Crippen LogP contribution in [-0.4, -0.2) is 16.4 Å². The van der Waals surface area contributed by atoms with Gasteiger partial charge >= 0.3 is 0 Å². The number of alkyl halides is 1. The Labute approximate surface area is 115 Å². The normalized spacial score (nSPS) is 12.3. The lowest BCUT2D eigenvalue weighted by Crippen LogP contribution is -2.12. The van der Waals surface area contributed by atoms with Crippen molar-refractivity contribution in [2.24, 2.45) is 0 Å². The first-order valence-corrected chi connectivity index (χ1v) is 6.77. The van der Waals surface area contributed by atoms with Crippen molar-refractivity contribution in [2.75, 3.05) is 0 Å². The summed E-state index contributed by atoms with van der Waals surface area (Å²) in [5.74, 6) is -0.582. The maximum absolute atomic E-state index is 13.7. The quantitative estimate of drug-likeness (QED) is 0.614. The van der Waals surface area contributed by atoms with Crippen molar-refractivity contribution < 1.29 is 14.0 Å². The van der Waals surface area contributed by atoms with E-state index < -0.39 is 5.82 Å². The molecule has 2 nitrogen and oxygen atoms in total. The first kappa shape index (κ1) is 15.0. The minimum absolute atomic E-state index is 0.0361. The number of carbonyl (C=O) groups excluding carboxylic acids is 2. The monoisotopic (exact) mass is 314 g/mol. The molecule has 1 aromatic carbocycles. The lowest BCUT2D eigenvalue weighted by atomic mass is 9.97. The second-order valence-electron chi connectivity index (χ2n) is 4.29. The number of rotatable bonds is 5. The Balaban J connectivity index is 3.18. The summed E-state index contributed by atoms with van der Waals surface area (Å²) in [5.41, 5.74) is 1.34. The van der Waals surface area contributed by atoms with Crippen LogP contribution in [0.15, 0.2) is 12.1 Å². The summed E-state index contributed by atoms with van der Waals surface area (Å²) in [6.45, 7) is 5.08. The third-order valence-corrected chi connectivity index (χ3v) is 3.30. The molecule has 0 bridgehead atoms. The van der Waals surface area contributed by atoms with Crippen LogP contribution >= 0.6 is 15.9 Å². The molecule has 0 saturated carbocycles. The van der Waals surface area contributed by atoms with Crippen molar-refractivity contribution >= 4 is 27.5 Å². The minimum Gasteiger partial charge on any atom is -0.299 e. The number of hydrogen-bond acceptors (Lipinski definition) is 2. The molecule has 0 saturated heterocycles. The van der Waals surface area contributed by atoms with Gasteiger partial charge in [-0.25, -0.2) is 4.39 Å². The zero-order chi connectivity index (χ0) is 13.9. The predicted octanol–water partition coefficient (Wildman–Crippen LogP) is 3.62. The Morgan fingerprint density at radius 2 is 2.00 bits per heavy atom. The summed E-state index contributed by atoms with van der Waals surface area (Å²) < 4.78 is 13.7. The lowest BCUT2D eigenvalue weighted by Gasteiger charge is -2.10. The molecule has 0 aliphatic heterocycles. The molecule has 1 rings (SSSR count). The molecule has 0 aliphatic carbocycles. The average Bonchev–Trinajstić information content (AvgIpc) is 2.33. The van der Waals surface area contributed by atoms with Gasteiger partial charge in [0, 0.05) is 18.4 Å². The zero-order valence-electron chi connectivity index (χ0n) is 10.7. The smallest absolute Gasteiger partial charge is 0.176 e. The van der Waals surface area contributed by atoms with Gasteiger partial charge in [0.05, 0.1) is 4.83 Å². The van der Waals surface area contributed by atoms with E-state index in [9.17, 15) is 14.0 Å². The molecule has 0 radical (unpaired) electrons. The number of benzene rings is 1. The van der Waals surface area contributed by atoms with Crippen molar-refractivity contribution in [1.29, 1.82) is 0 Å². The first-order valence-electron chi connectivity index (χ1n) is 5.85. The van der Waals surface area contributed by atoms with Crippen LogP contribution in [0.5, 0.6) is 0 Å². The largest absolute Gasteiger partial charge is 0.299 e. The van der Waals surface area contributed by atoms with Crippen molar-refractivity contribution in [3.8, 4) is 0 Å². The molecule has 1 aromatic rings. The van der Waals surface area contributed by atoms with Gasteiger partial charge in [-0.1, -0.05) is 22.9 Å². The highest BCUT2D eigenvalue weighted by Gasteiger charge is 2.17. The van der Waals surface area contributed by atoms with Gasteiger partial charge in [-0.2, -0.15) is 0 Å². The Kier molecular flexibility index (Phi) is 5.20. The summed E-state index contributed by atoms with van der Waals surface area (Å²) in [7, 11) is 0. The van der Waals surface area contributed by atoms with E-state index in [-0.39, 0.29) is 22.8 Å². The van der Waals surface area contributed by atoms with E-state index in [2.05, 4.69) is 15.9 Å². The first-order chi connectivity index (χ1) is 8.36. The van der Waals surface area contributed by atoms with Crippen LogP contribution in [0.25, 0.3) is 0 Å². The van der Waals surface area contributed by atoms with Gasteiger partial charge in [0.1, 0.15) is 11.6 Å². The van der Waals surface area contributed by atoms with Crippen molar-refractivity contribution in [3.05, 3.63) is 34.6 Å². The predicted molar refractivity (Wildman–Crippen MR) is 72.9 cm³/mol. The van der Waals surface area contributed by atoms with Gasteiger partial charge in [-0.05, 0) is 37.1 Å². The van der Waals surface area contributed by atoms with Gasteiger partial charge in [0.2, 0.25) is 0 Å². The van der Waals surface area contributed by atoms with Crippen molar-refractivity contribution in [1.82, 2.24) is 0 Å². The molecule has 4 heteroatoms. The Bertz CT molecular complexity index is 481. The Morgan fingerprint density at radius 3 is 2.50 bits per heavy atom. The molecule has 18 heavy (non-hydrogen) atoms. The van der Waals surface area contributed by atoms with Crippen LogP contribution in [0.3, 0.4) is 0 Å². The van der Waals surface area contributed by atoms with E-state index >= 15 is 0 Å². The number of halogens is 2. The molecule has 0 aliphatic rings. The fourth-order valence-electron chi connectivity index (χ4n) is 1.63. The summed E-state index contributed by atoms with van der Waals surface area (Å²) in [6, 6.07) is 2.85. The molecular formula is C14H16BrFO2. The lowest BCUT2D eigenvalue weighted by molar-refractivity contribution is -0.118.